The number of aromatic nitrogens is 1. The number of ether oxygens (including phenoxy) is 1. The van der Waals surface area contributed by atoms with Gasteiger partial charge in [-0.1, -0.05) is 13.8 Å². The molecule has 0 aliphatic rings. The van der Waals surface area contributed by atoms with Crippen LogP contribution in [0.4, 0.5) is 0 Å². The molecule has 2 heterocycles. The minimum atomic E-state index is -0.277. The van der Waals surface area contributed by atoms with Gasteiger partial charge >= 0.3 is 5.97 Å². The molecule has 114 valence electrons. The van der Waals surface area contributed by atoms with Crippen molar-refractivity contribution in [3.63, 3.8) is 0 Å². The van der Waals surface area contributed by atoms with Crippen molar-refractivity contribution < 1.29 is 9.53 Å². The van der Waals surface area contributed by atoms with Crippen molar-refractivity contribution in [3.8, 4) is 10.6 Å². The molecule has 0 bridgehead atoms. The first kappa shape index (κ1) is 16.1. The molecule has 21 heavy (non-hydrogen) atoms. The first-order valence-electron chi connectivity index (χ1n) is 6.88. The molecule has 0 fully saturated rings. The van der Waals surface area contributed by atoms with Gasteiger partial charge in [0.2, 0.25) is 0 Å². The highest BCUT2D eigenvalue weighted by Gasteiger charge is 2.20. The van der Waals surface area contributed by atoms with Crippen LogP contribution in [0.1, 0.15) is 26.0 Å². The van der Waals surface area contributed by atoms with Crippen LogP contribution in [0.3, 0.4) is 0 Å². The third-order valence-corrected chi connectivity index (χ3v) is 4.67. The van der Waals surface area contributed by atoms with Crippen LogP contribution in [0.15, 0.2) is 22.2 Å². The maximum atomic E-state index is 11.8. The molecule has 2 aromatic heterocycles. The second-order valence-corrected chi connectivity index (χ2v) is 6.88. The number of methoxy groups -OCH3 is 1. The Morgan fingerprint density at radius 3 is 2.86 bits per heavy atom. The predicted molar refractivity (Wildman–Crippen MR) is 87.5 cm³/mol. The summed E-state index contributed by atoms with van der Waals surface area (Å²) in [6, 6.07) is 1.79. The summed E-state index contributed by atoms with van der Waals surface area (Å²) >= 11 is 3.29. The van der Waals surface area contributed by atoms with E-state index in [4.69, 9.17) is 4.74 Å². The van der Waals surface area contributed by atoms with E-state index in [1.54, 1.807) is 22.7 Å². The lowest BCUT2D eigenvalue weighted by molar-refractivity contribution is -0.143. The number of rotatable bonds is 7. The lowest BCUT2D eigenvalue weighted by atomic mass is 10.0. The average molecular weight is 324 g/mol. The highest BCUT2D eigenvalue weighted by Crippen LogP contribution is 2.25. The van der Waals surface area contributed by atoms with E-state index in [0.29, 0.717) is 12.5 Å². The van der Waals surface area contributed by atoms with Gasteiger partial charge in [0.1, 0.15) is 11.0 Å². The van der Waals surface area contributed by atoms with Crippen LogP contribution in [-0.4, -0.2) is 24.1 Å². The topological polar surface area (TPSA) is 51.2 Å². The van der Waals surface area contributed by atoms with E-state index in [9.17, 15) is 4.79 Å². The number of thiazole rings is 1. The Hall–Kier alpha value is -1.24. The summed E-state index contributed by atoms with van der Waals surface area (Å²) < 4.78 is 4.85. The molecule has 4 nitrogen and oxygen atoms in total. The van der Waals surface area contributed by atoms with E-state index >= 15 is 0 Å². The molecule has 0 saturated carbocycles. The largest absolute Gasteiger partial charge is 0.468 e. The first-order valence-corrected chi connectivity index (χ1v) is 8.70. The van der Waals surface area contributed by atoms with Crippen molar-refractivity contribution in [1.82, 2.24) is 10.3 Å². The second kappa shape index (κ2) is 7.68. The molecule has 1 unspecified atom stereocenters. The van der Waals surface area contributed by atoms with E-state index in [1.807, 2.05) is 10.8 Å². The molecule has 0 aliphatic heterocycles. The van der Waals surface area contributed by atoms with Crippen LogP contribution < -0.4 is 5.32 Å². The summed E-state index contributed by atoms with van der Waals surface area (Å²) in [4.78, 5) is 16.4. The molecule has 0 aliphatic carbocycles. The smallest absolute Gasteiger partial charge is 0.322 e. The van der Waals surface area contributed by atoms with Gasteiger partial charge < -0.3 is 4.74 Å². The van der Waals surface area contributed by atoms with Gasteiger partial charge in [0.15, 0.2) is 0 Å². The summed E-state index contributed by atoms with van der Waals surface area (Å²) in [5, 5.41) is 10.4. The number of hydrogen-bond donors (Lipinski definition) is 1. The molecule has 1 atom stereocenters. The lowest BCUT2D eigenvalue weighted by Gasteiger charge is -2.17. The van der Waals surface area contributed by atoms with E-state index in [2.05, 4.69) is 35.6 Å². The van der Waals surface area contributed by atoms with Crippen molar-refractivity contribution in [2.24, 2.45) is 5.92 Å². The fourth-order valence-electron chi connectivity index (χ4n) is 2.01. The van der Waals surface area contributed by atoms with Gasteiger partial charge in [-0.05, 0) is 23.8 Å². The molecule has 1 N–H and O–H groups in total. The SMILES string of the molecule is COC(=O)C(CC(C)C)NCc1csc(-c2ccsc2)n1. The van der Waals surface area contributed by atoms with Gasteiger partial charge in [-0.3, -0.25) is 10.1 Å². The van der Waals surface area contributed by atoms with Gasteiger partial charge in [0, 0.05) is 22.9 Å². The standard InChI is InChI=1S/C15H20N2O2S2/c1-10(2)6-13(15(18)19-3)16-7-12-9-21-14(17-12)11-4-5-20-8-11/h4-5,8-10,13,16H,6-7H2,1-3H3. The molecular weight excluding hydrogens is 304 g/mol. The van der Waals surface area contributed by atoms with E-state index in [0.717, 1.165) is 22.7 Å². The van der Waals surface area contributed by atoms with Crippen molar-refractivity contribution in [3.05, 3.63) is 27.9 Å². The normalized spacial score (nSPS) is 12.6. The molecule has 2 rings (SSSR count). The lowest BCUT2D eigenvalue weighted by Crippen LogP contribution is -2.38. The zero-order valence-corrected chi connectivity index (χ0v) is 14.1. The van der Waals surface area contributed by atoms with Crippen molar-refractivity contribution in [2.45, 2.75) is 32.9 Å². The number of thiophene rings is 1. The van der Waals surface area contributed by atoms with Gasteiger partial charge in [0.25, 0.3) is 0 Å². The average Bonchev–Trinajstić information content (AvgIpc) is 3.12. The van der Waals surface area contributed by atoms with Gasteiger partial charge in [-0.15, -0.1) is 11.3 Å². The van der Waals surface area contributed by atoms with Crippen molar-refractivity contribution in [2.75, 3.05) is 7.11 Å². The van der Waals surface area contributed by atoms with Gasteiger partial charge in [-0.25, -0.2) is 4.98 Å². The third-order valence-electron chi connectivity index (χ3n) is 3.04. The molecule has 0 radical (unpaired) electrons. The highest BCUT2D eigenvalue weighted by molar-refractivity contribution is 7.14. The summed E-state index contributed by atoms with van der Waals surface area (Å²) in [7, 11) is 1.43. The molecule has 0 spiro atoms. The predicted octanol–water partition coefficient (Wildman–Crippen LogP) is 3.55. The molecule has 0 saturated heterocycles. The molecular formula is C15H20N2O2S2. The number of hydrogen-bond acceptors (Lipinski definition) is 6. The van der Waals surface area contributed by atoms with E-state index < -0.39 is 0 Å². The van der Waals surface area contributed by atoms with Crippen molar-refractivity contribution in [1.29, 1.82) is 0 Å². The van der Waals surface area contributed by atoms with Crippen LogP contribution in [0.25, 0.3) is 10.6 Å². The zero-order chi connectivity index (χ0) is 15.2. The number of nitrogens with one attached hydrogen (secondary N) is 1. The molecule has 2 aromatic rings. The van der Waals surface area contributed by atoms with Crippen LogP contribution >= 0.6 is 22.7 Å². The van der Waals surface area contributed by atoms with E-state index in [-0.39, 0.29) is 12.0 Å². The minimum Gasteiger partial charge on any atom is -0.468 e. The van der Waals surface area contributed by atoms with Crippen molar-refractivity contribution >= 4 is 28.6 Å². The summed E-state index contributed by atoms with van der Waals surface area (Å²) in [6.45, 7) is 4.76. The Morgan fingerprint density at radius 1 is 1.43 bits per heavy atom. The van der Waals surface area contributed by atoms with Crippen LogP contribution in [0, 0.1) is 5.92 Å². The highest BCUT2D eigenvalue weighted by atomic mass is 32.1. The summed E-state index contributed by atoms with van der Waals surface area (Å²) in [5.74, 6) is 0.218. The molecule has 6 heteroatoms. The first-order chi connectivity index (χ1) is 10.1. The fraction of sp³-hybridized carbons (Fsp3) is 0.467. The Bertz CT molecular complexity index is 564. The Balaban J connectivity index is 1.96. The number of carbonyl (C=O) groups excluding carboxylic acids is 1. The monoisotopic (exact) mass is 324 g/mol. The maximum absolute atomic E-state index is 11.8. The Kier molecular flexibility index (Phi) is 5.90. The fourth-order valence-corrected chi connectivity index (χ4v) is 3.54. The summed E-state index contributed by atoms with van der Waals surface area (Å²) in [6.07, 6.45) is 0.758. The molecule has 0 aromatic carbocycles. The summed E-state index contributed by atoms with van der Waals surface area (Å²) in [5.41, 5.74) is 2.11. The van der Waals surface area contributed by atoms with E-state index in [1.165, 1.54) is 7.11 Å². The van der Waals surface area contributed by atoms with Crippen LogP contribution in [0.5, 0.6) is 0 Å². The molecule has 0 amide bonds. The van der Waals surface area contributed by atoms with Gasteiger partial charge in [0.05, 0.1) is 12.8 Å². The number of esters is 1. The maximum Gasteiger partial charge on any atom is 0.322 e. The third kappa shape index (κ3) is 4.62. The minimum absolute atomic E-state index is 0.211. The van der Waals surface area contributed by atoms with Crippen LogP contribution in [0.2, 0.25) is 0 Å². The Morgan fingerprint density at radius 2 is 2.24 bits per heavy atom. The van der Waals surface area contributed by atoms with Gasteiger partial charge in [-0.2, -0.15) is 11.3 Å². The number of carbonyl (C=O) groups is 1. The Labute approximate surface area is 133 Å². The quantitative estimate of drug-likeness (QED) is 0.791. The van der Waals surface area contributed by atoms with Crippen LogP contribution in [-0.2, 0) is 16.1 Å². The zero-order valence-electron chi connectivity index (χ0n) is 12.5. The second-order valence-electron chi connectivity index (χ2n) is 5.24. The number of nitrogens with zero attached hydrogens (tertiary/aromatic N) is 1.